The molecule has 0 saturated carbocycles. The van der Waals surface area contributed by atoms with Crippen LogP contribution in [0.4, 0.5) is 4.39 Å². The van der Waals surface area contributed by atoms with Gasteiger partial charge in [0.15, 0.2) is 6.61 Å². The average molecular weight is 421 g/mol. The summed E-state index contributed by atoms with van der Waals surface area (Å²) in [7, 11) is 0. The number of carbonyl (C=O) groups excluding carboxylic acids is 3. The van der Waals surface area contributed by atoms with Gasteiger partial charge in [0, 0.05) is 16.1 Å². The highest BCUT2D eigenvalue weighted by molar-refractivity contribution is 9.10. The summed E-state index contributed by atoms with van der Waals surface area (Å²) in [6.07, 6.45) is 2.54. The molecule has 2 aromatic rings. The minimum Gasteiger partial charge on any atom is -0.452 e. The minimum atomic E-state index is -0.747. The number of carbonyl (C=O) groups is 3. The van der Waals surface area contributed by atoms with Crippen molar-refractivity contribution >= 4 is 39.8 Å². The zero-order valence-electron chi connectivity index (χ0n) is 13.4. The van der Waals surface area contributed by atoms with Gasteiger partial charge in [-0.05, 0) is 48.0 Å². The van der Waals surface area contributed by atoms with Gasteiger partial charge in [0.25, 0.3) is 11.8 Å². The number of benzene rings is 2. The summed E-state index contributed by atoms with van der Waals surface area (Å²) >= 11 is 3.25. The van der Waals surface area contributed by atoms with E-state index in [1.807, 2.05) is 0 Å². The van der Waals surface area contributed by atoms with Crippen molar-refractivity contribution in [3.63, 3.8) is 0 Å². The number of rotatable bonds is 5. The first-order valence-electron chi connectivity index (χ1n) is 7.39. The molecule has 0 heterocycles. The summed E-state index contributed by atoms with van der Waals surface area (Å²) < 4.78 is 18.3. The van der Waals surface area contributed by atoms with Crippen molar-refractivity contribution in [2.24, 2.45) is 0 Å². The topological polar surface area (TPSA) is 84.5 Å². The van der Waals surface area contributed by atoms with Crippen LogP contribution in [0.5, 0.6) is 0 Å². The molecule has 134 valence electrons. The molecule has 2 N–H and O–H groups in total. The number of hydrogen-bond acceptors (Lipinski definition) is 4. The van der Waals surface area contributed by atoms with E-state index in [1.165, 1.54) is 30.3 Å². The van der Waals surface area contributed by atoms with Gasteiger partial charge in [0.2, 0.25) is 0 Å². The fraction of sp³-hybridized carbons (Fsp3) is 0.0556. The summed E-state index contributed by atoms with van der Waals surface area (Å²) in [6, 6.07) is 12.0. The van der Waals surface area contributed by atoms with Crippen LogP contribution < -0.4 is 10.9 Å². The van der Waals surface area contributed by atoms with Crippen LogP contribution in [0.1, 0.15) is 15.9 Å². The lowest BCUT2D eigenvalue weighted by molar-refractivity contribution is -0.144. The summed E-state index contributed by atoms with van der Waals surface area (Å²) in [5, 5.41) is 0. The maximum absolute atomic E-state index is 12.8. The Morgan fingerprint density at radius 3 is 2.31 bits per heavy atom. The molecule has 0 aromatic heterocycles. The lowest BCUT2D eigenvalue weighted by Crippen LogP contribution is -2.43. The smallest absolute Gasteiger partial charge is 0.331 e. The summed E-state index contributed by atoms with van der Waals surface area (Å²) in [5.41, 5.74) is 5.30. The van der Waals surface area contributed by atoms with Crippen LogP contribution in [0.25, 0.3) is 6.08 Å². The number of amides is 2. The molecule has 0 radical (unpaired) electrons. The third-order valence-electron chi connectivity index (χ3n) is 3.05. The van der Waals surface area contributed by atoms with Crippen molar-refractivity contribution in [2.75, 3.05) is 6.61 Å². The van der Waals surface area contributed by atoms with Gasteiger partial charge in [0.1, 0.15) is 5.82 Å². The zero-order chi connectivity index (χ0) is 18.9. The molecule has 0 atom stereocenters. The molecule has 0 aliphatic rings. The molecule has 2 rings (SSSR count). The normalized spacial score (nSPS) is 10.4. The van der Waals surface area contributed by atoms with Gasteiger partial charge < -0.3 is 4.74 Å². The Labute approximate surface area is 157 Å². The second-order valence-corrected chi connectivity index (χ2v) is 5.92. The third kappa shape index (κ3) is 6.48. The van der Waals surface area contributed by atoms with Crippen LogP contribution in [-0.4, -0.2) is 24.4 Å². The minimum absolute atomic E-state index is 0.354. The number of halogens is 2. The largest absolute Gasteiger partial charge is 0.452 e. The quantitative estimate of drug-likeness (QED) is 0.442. The molecule has 26 heavy (non-hydrogen) atoms. The first-order chi connectivity index (χ1) is 12.4. The Hall–Kier alpha value is -3.00. The SMILES string of the molecule is O=C(COC(=O)C=Cc1ccc(F)cc1)NNC(=O)c1ccc(Br)cc1. The van der Waals surface area contributed by atoms with E-state index in [1.54, 1.807) is 24.3 Å². The van der Waals surface area contributed by atoms with E-state index in [2.05, 4.69) is 26.8 Å². The Bertz CT molecular complexity index is 820. The maximum Gasteiger partial charge on any atom is 0.331 e. The van der Waals surface area contributed by atoms with Crippen molar-refractivity contribution < 1.29 is 23.5 Å². The van der Waals surface area contributed by atoms with Crippen LogP contribution in [-0.2, 0) is 14.3 Å². The van der Waals surface area contributed by atoms with Crippen LogP contribution >= 0.6 is 15.9 Å². The Kier molecular flexibility index (Phi) is 7.04. The van der Waals surface area contributed by atoms with Gasteiger partial charge in [-0.3, -0.25) is 20.4 Å². The van der Waals surface area contributed by atoms with E-state index in [9.17, 15) is 18.8 Å². The second-order valence-electron chi connectivity index (χ2n) is 5.00. The predicted molar refractivity (Wildman–Crippen MR) is 96.1 cm³/mol. The average Bonchev–Trinajstić information content (AvgIpc) is 2.64. The summed E-state index contributed by atoms with van der Waals surface area (Å²) in [5.74, 6) is -2.33. The van der Waals surface area contributed by atoms with Crippen molar-refractivity contribution in [1.82, 2.24) is 10.9 Å². The molecule has 0 aliphatic heterocycles. The Balaban J connectivity index is 1.72. The van der Waals surface area contributed by atoms with Crippen molar-refractivity contribution in [3.05, 3.63) is 76.0 Å². The highest BCUT2D eigenvalue weighted by Gasteiger charge is 2.08. The van der Waals surface area contributed by atoms with Gasteiger partial charge in [-0.2, -0.15) is 0 Å². The fourth-order valence-electron chi connectivity index (χ4n) is 1.76. The fourth-order valence-corrected chi connectivity index (χ4v) is 2.02. The molecule has 0 saturated heterocycles. The van der Waals surface area contributed by atoms with Crippen LogP contribution in [0.15, 0.2) is 59.1 Å². The van der Waals surface area contributed by atoms with Gasteiger partial charge in [0.05, 0.1) is 0 Å². The summed E-state index contributed by atoms with van der Waals surface area (Å²) in [6.45, 7) is -0.562. The molecule has 8 heteroatoms. The number of hydrogen-bond donors (Lipinski definition) is 2. The van der Waals surface area contributed by atoms with Gasteiger partial charge in [-0.1, -0.05) is 28.1 Å². The molecule has 0 aliphatic carbocycles. The first kappa shape index (κ1) is 19.3. The molecule has 0 fully saturated rings. The van der Waals surface area contributed by atoms with Crippen LogP contribution in [0.2, 0.25) is 0 Å². The Morgan fingerprint density at radius 2 is 1.65 bits per heavy atom. The van der Waals surface area contributed by atoms with E-state index in [0.717, 1.165) is 10.5 Å². The lowest BCUT2D eigenvalue weighted by atomic mass is 10.2. The monoisotopic (exact) mass is 420 g/mol. The molecule has 2 aromatic carbocycles. The van der Waals surface area contributed by atoms with E-state index in [-0.39, 0.29) is 5.82 Å². The highest BCUT2D eigenvalue weighted by Crippen LogP contribution is 2.10. The molecular weight excluding hydrogens is 407 g/mol. The van der Waals surface area contributed by atoms with E-state index in [4.69, 9.17) is 4.74 Å². The molecule has 0 spiro atoms. The molecule has 6 nitrogen and oxygen atoms in total. The zero-order valence-corrected chi connectivity index (χ0v) is 15.0. The van der Waals surface area contributed by atoms with Crippen molar-refractivity contribution in [3.8, 4) is 0 Å². The first-order valence-corrected chi connectivity index (χ1v) is 8.18. The second kappa shape index (κ2) is 9.47. The number of nitrogens with one attached hydrogen (secondary N) is 2. The van der Waals surface area contributed by atoms with Crippen LogP contribution in [0.3, 0.4) is 0 Å². The van der Waals surface area contributed by atoms with Gasteiger partial charge in [-0.15, -0.1) is 0 Å². The van der Waals surface area contributed by atoms with Crippen molar-refractivity contribution in [1.29, 1.82) is 0 Å². The highest BCUT2D eigenvalue weighted by atomic mass is 79.9. The molecule has 2 amide bonds. The molecule has 0 bridgehead atoms. The van der Waals surface area contributed by atoms with E-state index in [0.29, 0.717) is 11.1 Å². The lowest BCUT2D eigenvalue weighted by Gasteiger charge is -2.07. The van der Waals surface area contributed by atoms with Gasteiger partial charge >= 0.3 is 5.97 Å². The molecular formula is C18H14BrFN2O4. The van der Waals surface area contributed by atoms with Gasteiger partial charge in [-0.25, -0.2) is 9.18 Å². The predicted octanol–water partition coefficient (Wildman–Crippen LogP) is 2.61. The third-order valence-corrected chi connectivity index (χ3v) is 3.58. The van der Waals surface area contributed by atoms with Crippen molar-refractivity contribution in [2.45, 2.75) is 0 Å². The van der Waals surface area contributed by atoms with E-state index < -0.39 is 24.4 Å². The number of hydrazine groups is 1. The standard InChI is InChI=1S/C18H14BrFN2O4/c19-14-6-4-13(5-7-14)18(25)22-21-16(23)11-26-17(24)10-3-12-1-8-15(20)9-2-12/h1-10H,11H2,(H,21,23)(H,22,25). The molecule has 0 unspecified atom stereocenters. The Morgan fingerprint density at radius 1 is 1.00 bits per heavy atom. The maximum atomic E-state index is 12.8. The van der Waals surface area contributed by atoms with E-state index >= 15 is 0 Å². The number of ether oxygens (including phenoxy) is 1. The number of esters is 1. The summed E-state index contributed by atoms with van der Waals surface area (Å²) in [4.78, 5) is 34.9. The van der Waals surface area contributed by atoms with Crippen LogP contribution in [0, 0.1) is 5.82 Å².